The summed E-state index contributed by atoms with van der Waals surface area (Å²) in [6, 6.07) is 25.5. The van der Waals surface area contributed by atoms with Crippen LogP contribution in [0.25, 0.3) is 0 Å². The minimum absolute atomic E-state index is 0. The van der Waals surface area contributed by atoms with E-state index in [1.54, 1.807) is 12.4 Å². The minimum Gasteiger partial charge on any atom is -0.265 e. The Hall–Kier alpha value is -2.66. The van der Waals surface area contributed by atoms with Crippen LogP contribution in [0.15, 0.2) is 108 Å². The van der Waals surface area contributed by atoms with Crippen molar-refractivity contribution in [3.63, 3.8) is 0 Å². The number of hydrogen-bond donors (Lipinski definition) is 0. The van der Waals surface area contributed by atoms with Crippen LogP contribution in [-0.2, 0) is 17.4 Å². The minimum atomic E-state index is 0. The zero-order valence-corrected chi connectivity index (χ0v) is 20.7. The van der Waals surface area contributed by atoms with Gasteiger partial charge in [0.15, 0.2) is 0 Å². The summed E-state index contributed by atoms with van der Waals surface area (Å²) in [7, 11) is 0. The summed E-state index contributed by atoms with van der Waals surface area (Å²) in [4.78, 5) is 3.78. The predicted molar refractivity (Wildman–Crippen MR) is 131 cm³/mol. The SMILES string of the molecule is CC1=[C-]C(C)(C)C(C)=C1C.[CH2-]c1ccccc1.[CH2-]c1ccccc1.[Cr+3].c1ccncc1. The van der Waals surface area contributed by atoms with Gasteiger partial charge in [-0.3, -0.25) is 11.1 Å². The zero-order chi connectivity index (χ0) is 22.4. The van der Waals surface area contributed by atoms with Crippen molar-refractivity contribution in [2.24, 2.45) is 5.41 Å². The van der Waals surface area contributed by atoms with Gasteiger partial charge in [-0.2, -0.15) is 60.4 Å². The second-order valence-electron chi connectivity index (χ2n) is 7.62. The Bertz CT molecular complexity index is 831. The van der Waals surface area contributed by atoms with E-state index in [1.165, 1.54) is 16.7 Å². The molecule has 0 aliphatic heterocycles. The summed E-state index contributed by atoms with van der Waals surface area (Å²) in [5.41, 5.74) is 6.54. The maximum Gasteiger partial charge on any atom is 3.00 e. The number of benzene rings is 2. The van der Waals surface area contributed by atoms with Crippen molar-refractivity contribution in [3.05, 3.63) is 139 Å². The largest absolute Gasteiger partial charge is 3.00 e. The Labute approximate surface area is 201 Å². The van der Waals surface area contributed by atoms with Crippen LogP contribution >= 0.6 is 0 Å². The molecular weight excluding hydrogens is 414 g/mol. The Balaban J connectivity index is 0.000000390. The molecule has 1 radical (unpaired) electrons. The van der Waals surface area contributed by atoms with E-state index < -0.39 is 0 Å². The maximum atomic E-state index is 3.78. The topological polar surface area (TPSA) is 12.9 Å². The van der Waals surface area contributed by atoms with Gasteiger partial charge in [-0.15, -0.1) is 31.2 Å². The molecule has 1 heterocycles. The molecule has 4 rings (SSSR count). The molecular formula is C29H34CrN. The predicted octanol–water partition coefficient (Wildman–Crippen LogP) is 7.93. The zero-order valence-electron chi connectivity index (χ0n) is 19.4. The fourth-order valence-electron chi connectivity index (χ4n) is 2.67. The van der Waals surface area contributed by atoms with Crippen LogP contribution < -0.4 is 0 Å². The smallest absolute Gasteiger partial charge is 0.265 e. The first-order chi connectivity index (χ1) is 14.2. The van der Waals surface area contributed by atoms with Gasteiger partial charge in [-0.25, -0.2) is 5.57 Å². The summed E-state index contributed by atoms with van der Waals surface area (Å²) in [6.45, 7) is 18.4. The molecule has 0 fully saturated rings. The maximum absolute atomic E-state index is 3.78. The summed E-state index contributed by atoms with van der Waals surface area (Å²) < 4.78 is 0. The molecule has 1 aliphatic carbocycles. The van der Waals surface area contributed by atoms with E-state index in [1.807, 2.05) is 78.9 Å². The van der Waals surface area contributed by atoms with E-state index >= 15 is 0 Å². The van der Waals surface area contributed by atoms with Crippen molar-refractivity contribution < 1.29 is 17.4 Å². The molecule has 1 aromatic heterocycles. The van der Waals surface area contributed by atoms with Gasteiger partial charge < -0.3 is 0 Å². The standard InChI is InChI=1S/C10H15.2C7H7.C5H5N.Cr/c1-7-6-10(4,5)9(3)8(7)2;2*1-7-5-3-2-4-6-7;1-2-4-6-5-3-1;/h1-5H3;2*2-6H,1H2;1-5H;/q3*-1;;+3. The number of allylic oxidation sites excluding steroid dienone is 4. The van der Waals surface area contributed by atoms with Gasteiger partial charge in [0.05, 0.1) is 0 Å². The second kappa shape index (κ2) is 15.2. The van der Waals surface area contributed by atoms with E-state index in [0.29, 0.717) is 0 Å². The molecule has 3 aromatic rings. The first kappa shape index (κ1) is 28.3. The van der Waals surface area contributed by atoms with E-state index in [0.717, 1.165) is 11.1 Å². The summed E-state index contributed by atoms with van der Waals surface area (Å²) in [6.07, 6.45) is 6.94. The second-order valence-corrected chi connectivity index (χ2v) is 7.62. The van der Waals surface area contributed by atoms with Gasteiger partial charge >= 0.3 is 17.4 Å². The van der Waals surface area contributed by atoms with Crippen molar-refractivity contribution in [1.82, 2.24) is 4.98 Å². The Kier molecular flexibility index (Phi) is 13.9. The first-order valence-electron chi connectivity index (χ1n) is 10.1. The van der Waals surface area contributed by atoms with E-state index in [2.05, 4.69) is 59.5 Å². The van der Waals surface area contributed by atoms with Crippen LogP contribution in [0.3, 0.4) is 0 Å². The number of rotatable bonds is 0. The third kappa shape index (κ3) is 11.9. The molecule has 0 N–H and O–H groups in total. The molecule has 2 heteroatoms. The Morgan fingerprint density at radius 2 is 1.06 bits per heavy atom. The first-order valence-corrected chi connectivity index (χ1v) is 10.1. The number of hydrogen-bond acceptors (Lipinski definition) is 1. The van der Waals surface area contributed by atoms with Crippen LogP contribution in [0.2, 0.25) is 0 Å². The molecule has 0 saturated heterocycles. The fraction of sp³-hybridized carbons (Fsp3) is 0.207. The van der Waals surface area contributed by atoms with Gasteiger partial charge in [0.25, 0.3) is 0 Å². The molecule has 0 amide bonds. The molecule has 2 aromatic carbocycles. The molecule has 0 atom stereocenters. The number of pyridine rings is 1. The van der Waals surface area contributed by atoms with E-state index in [-0.39, 0.29) is 22.8 Å². The Morgan fingerprint density at radius 3 is 1.19 bits per heavy atom. The third-order valence-electron chi connectivity index (χ3n) is 4.81. The van der Waals surface area contributed by atoms with Gasteiger partial charge in [-0.05, 0) is 12.1 Å². The Morgan fingerprint density at radius 1 is 0.677 bits per heavy atom. The average molecular weight is 449 g/mol. The quantitative estimate of drug-likeness (QED) is 0.318. The summed E-state index contributed by atoms with van der Waals surface area (Å²) >= 11 is 0. The monoisotopic (exact) mass is 448 g/mol. The molecule has 31 heavy (non-hydrogen) atoms. The molecule has 0 saturated carbocycles. The molecule has 0 unspecified atom stereocenters. The van der Waals surface area contributed by atoms with E-state index in [9.17, 15) is 0 Å². The molecule has 0 bridgehead atoms. The summed E-state index contributed by atoms with van der Waals surface area (Å²) in [5, 5.41) is 0. The molecule has 1 nitrogen and oxygen atoms in total. The van der Waals surface area contributed by atoms with Crippen molar-refractivity contribution in [2.45, 2.75) is 34.6 Å². The number of aromatic nitrogens is 1. The van der Waals surface area contributed by atoms with Gasteiger partial charge in [0, 0.05) is 12.4 Å². The summed E-state index contributed by atoms with van der Waals surface area (Å²) in [5.74, 6) is 0. The third-order valence-corrected chi connectivity index (χ3v) is 4.81. The van der Waals surface area contributed by atoms with Crippen LogP contribution in [0.1, 0.15) is 45.7 Å². The normalized spacial score (nSPS) is 13.0. The fourth-order valence-corrected chi connectivity index (χ4v) is 2.67. The van der Waals surface area contributed by atoms with Crippen LogP contribution in [-0.4, -0.2) is 4.98 Å². The molecule has 0 spiro atoms. The van der Waals surface area contributed by atoms with Gasteiger partial charge in [-0.1, -0.05) is 51.3 Å². The van der Waals surface area contributed by atoms with Crippen molar-refractivity contribution in [2.75, 3.05) is 0 Å². The van der Waals surface area contributed by atoms with Crippen LogP contribution in [0, 0.1) is 25.3 Å². The van der Waals surface area contributed by atoms with Crippen LogP contribution in [0.4, 0.5) is 0 Å². The molecule has 161 valence electrons. The number of nitrogens with zero attached hydrogens (tertiary/aromatic N) is 1. The molecule has 1 aliphatic rings. The van der Waals surface area contributed by atoms with Gasteiger partial charge in [0.1, 0.15) is 0 Å². The average Bonchev–Trinajstić information content (AvgIpc) is 2.93. The van der Waals surface area contributed by atoms with Gasteiger partial charge in [0.2, 0.25) is 0 Å². The van der Waals surface area contributed by atoms with Crippen molar-refractivity contribution >= 4 is 0 Å². The van der Waals surface area contributed by atoms with Crippen molar-refractivity contribution in [1.29, 1.82) is 0 Å². The van der Waals surface area contributed by atoms with Crippen molar-refractivity contribution in [3.8, 4) is 0 Å². The van der Waals surface area contributed by atoms with Crippen LogP contribution in [0.5, 0.6) is 0 Å². The van der Waals surface area contributed by atoms with E-state index in [4.69, 9.17) is 0 Å².